The highest BCUT2D eigenvalue weighted by molar-refractivity contribution is 6.20. The summed E-state index contributed by atoms with van der Waals surface area (Å²) >= 11 is 0. The quantitative estimate of drug-likeness (QED) is 0.362. The van der Waals surface area contributed by atoms with Crippen LogP contribution in [-0.4, -0.2) is 128 Å². The summed E-state index contributed by atoms with van der Waals surface area (Å²) in [5.41, 5.74) is 0.264. The van der Waals surface area contributed by atoms with Crippen LogP contribution in [0.1, 0.15) is 70.6 Å². The number of carbonyl (C=O) groups is 2. The minimum atomic E-state index is -1.20. The lowest BCUT2D eigenvalue weighted by Crippen LogP contribution is -2.73. The van der Waals surface area contributed by atoms with Crippen LogP contribution in [0.3, 0.4) is 0 Å². The van der Waals surface area contributed by atoms with E-state index in [1.54, 1.807) is 0 Å². The number of hydrogen-bond acceptors (Lipinski definition) is 8. The molecule has 10 heteroatoms. The standard InChI is InChI=1S/C34H51FN4O5/c35-25-17-23-31-33(30(25)36-9-6-10-37-13-15-42-16-14-37)44-29-18-22-21-7-2-3-8-27(21)43-28(22)19-26(29)39(31)20-24(32(23)40)34(41)38-11-4-1-5-12-38/h20-23,25-31,33,36H,1-19H2. The number of likely N-dealkylation sites (tertiary alicyclic amines) is 1. The van der Waals surface area contributed by atoms with Crippen LogP contribution in [-0.2, 0) is 23.8 Å². The van der Waals surface area contributed by atoms with Crippen molar-refractivity contribution in [1.29, 1.82) is 0 Å². The minimum Gasteiger partial charge on any atom is -0.379 e. The smallest absolute Gasteiger partial charge is 0.258 e. The molecule has 1 amide bonds. The topological polar surface area (TPSA) is 83.6 Å². The molecule has 0 aromatic rings. The van der Waals surface area contributed by atoms with Gasteiger partial charge < -0.3 is 29.3 Å². The predicted octanol–water partition coefficient (Wildman–Crippen LogP) is 2.68. The van der Waals surface area contributed by atoms with Crippen LogP contribution >= 0.6 is 0 Å². The van der Waals surface area contributed by atoms with Gasteiger partial charge in [0, 0.05) is 38.3 Å². The molecule has 44 heavy (non-hydrogen) atoms. The van der Waals surface area contributed by atoms with Crippen LogP contribution in [0.15, 0.2) is 11.8 Å². The fraction of sp³-hybridized carbons (Fsp3) is 0.882. The maximum Gasteiger partial charge on any atom is 0.258 e. The fourth-order valence-electron chi connectivity index (χ4n) is 10.3. The lowest BCUT2D eigenvalue weighted by atomic mass is 9.67. The van der Waals surface area contributed by atoms with Gasteiger partial charge in [0.25, 0.3) is 5.91 Å². The Morgan fingerprint density at radius 2 is 1.73 bits per heavy atom. The Hall–Kier alpha value is -1.59. The highest BCUT2D eigenvalue weighted by Gasteiger charge is 2.61. The van der Waals surface area contributed by atoms with E-state index in [9.17, 15) is 9.59 Å². The second-order valence-corrected chi connectivity index (χ2v) is 14.8. The Morgan fingerprint density at radius 1 is 0.909 bits per heavy atom. The highest BCUT2D eigenvalue weighted by Crippen LogP contribution is 2.52. The van der Waals surface area contributed by atoms with Gasteiger partial charge in [0.1, 0.15) is 6.17 Å². The van der Waals surface area contributed by atoms with E-state index in [4.69, 9.17) is 14.2 Å². The number of piperidine rings is 1. The van der Waals surface area contributed by atoms with Gasteiger partial charge in [-0.25, -0.2) is 4.39 Å². The first-order valence-corrected chi connectivity index (χ1v) is 17.9. The zero-order chi connectivity index (χ0) is 29.8. The molecule has 5 heterocycles. The third-order valence-corrected chi connectivity index (χ3v) is 12.5. The van der Waals surface area contributed by atoms with E-state index >= 15 is 4.39 Å². The van der Waals surface area contributed by atoms with Gasteiger partial charge in [-0.15, -0.1) is 0 Å². The van der Waals surface area contributed by atoms with Gasteiger partial charge in [0.05, 0.1) is 61.3 Å². The SMILES string of the molecule is O=C1C(C(=O)N2CCCCC2)=CN2C3CC4OC5CCCCC5C4CC3OC3C(NCCCN4CCOCC4)C(F)CC1C32. The summed E-state index contributed by atoms with van der Waals surface area (Å²) in [6.45, 7) is 6.50. The van der Waals surface area contributed by atoms with Gasteiger partial charge in [-0.05, 0) is 82.7 Å². The molecule has 0 spiro atoms. The molecule has 8 aliphatic rings. The van der Waals surface area contributed by atoms with Crippen molar-refractivity contribution >= 4 is 11.7 Å². The molecule has 4 saturated heterocycles. The summed E-state index contributed by atoms with van der Waals surface area (Å²) in [6.07, 6.45) is 11.5. The number of ether oxygens (including phenoxy) is 3. The Kier molecular flexibility index (Phi) is 8.50. The van der Waals surface area contributed by atoms with E-state index in [0.29, 0.717) is 37.6 Å². The van der Waals surface area contributed by atoms with Crippen molar-refractivity contribution in [3.05, 3.63) is 11.8 Å². The first-order chi connectivity index (χ1) is 21.6. The lowest BCUT2D eigenvalue weighted by Gasteiger charge is -2.60. The van der Waals surface area contributed by atoms with Crippen LogP contribution in [0, 0.1) is 17.8 Å². The summed E-state index contributed by atoms with van der Waals surface area (Å²) in [5, 5.41) is 3.57. The van der Waals surface area contributed by atoms with E-state index in [-0.39, 0.29) is 48.0 Å². The van der Waals surface area contributed by atoms with Gasteiger partial charge in [0.15, 0.2) is 5.78 Å². The van der Waals surface area contributed by atoms with Crippen LogP contribution in [0.2, 0.25) is 0 Å². The Morgan fingerprint density at radius 3 is 2.57 bits per heavy atom. The number of alkyl halides is 1. The van der Waals surface area contributed by atoms with E-state index in [0.717, 1.165) is 77.8 Å². The molecule has 0 aromatic heterocycles. The Balaban J connectivity index is 1.06. The van der Waals surface area contributed by atoms with Crippen LogP contribution in [0.5, 0.6) is 0 Å². The average Bonchev–Trinajstić information content (AvgIpc) is 3.42. The average molecular weight is 615 g/mol. The highest BCUT2D eigenvalue weighted by atomic mass is 19.1. The molecule has 3 saturated carbocycles. The van der Waals surface area contributed by atoms with Crippen molar-refractivity contribution in [3.8, 4) is 0 Å². The van der Waals surface area contributed by atoms with Crippen molar-refractivity contribution in [2.45, 2.75) is 119 Å². The van der Waals surface area contributed by atoms with E-state index in [1.807, 2.05) is 11.1 Å². The van der Waals surface area contributed by atoms with Crippen molar-refractivity contribution in [2.75, 3.05) is 52.5 Å². The summed E-state index contributed by atoms with van der Waals surface area (Å²) in [6, 6.07) is -0.689. The molecular formula is C34H51FN4O5. The lowest BCUT2D eigenvalue weighted by molar-refractivity contribution is -0.209. The number of Topliss-reactive ketones (excluding diaryl/α,β-unsaturated/α-hetero) is 1. The minimum absolute atomic E-state index is 0.0375. The summed E-state index contributed by atoms with van der Waals surface area (Å²) in [5.74, 6) is 0.152. The molecular weight excluding hydrogens is 563 g/mol. The fourth-order valence-corrected chi connectivity index (χ4v) is 10.3. The number of carbonyl (C=O) groups excluding carboxylic acids is 2. The van der Waals surface area contributed by atoms with Crippen LogP contribution in [0.25, 0.3) is 0 Å². The molecule has 11 unspecified atom stereocenters. The van der Waals surface area contributed by atoms with Crippen molar-refractivity contribution < 1.29 is 28.2 Å². The zero-order valence-electron chi connectivity index (χ0n) is 26.1. The molecule has 1 N–H and O–H groups in total. The van der Waals surface area contributed by atoms with Crippen molar-refractivity contribution in [2.24, 2.45) is 17.8 Å². The van der Waals surface area contributed by atoms with Gasteiger partial charge in [-0.1, -0.05) is 12.8 Å². The van der Waals surface area contributed by atoms with Crippen LogP contribution < -0.4 is 5.32 Å². The summed E-state index contributed by atoms with van der Waals surface area (Å²) in [4.78, 5) is 34.4. The largest absolute Gasteiger partial charge is 0.379 e. The maximum atomic E-state index is 16.2. The third kappa shape index (κ3) is 5.34. The van der Waals surface area contributed by atoms with Gasteiger partial charge >= 0.3 is 0 Å². The predicted molar refractivity (Wildman–Crippen MR) is 162 cm³/mol. The molecule has 5 aliphatic heterocycles. The number of amides is 1. The number of halogens is 1. The molecule has 11 atom stereocenters. The number of nitrogens with zero attached hydrogens (tertiary/aromatic N) is 3. The number of hydrogen-bond donors (Lipinski definition) is 1. The van der Waals surface area contributed by atoms with E-state index < -0.39 is 24.2 Å². The van der Waals surface area contributed by atoms with Crippen molar-refractivity contribution in [3.63, 3.8) is 0 Å². The number of ketones is 1. The molecule has 244 valence electrons. The second-order valence-electron chi connectivity index (χ2n) is 14.8. The molecule has 9 nitrogen and oxygen atoms in total. The monoisotopic (exact) mass is 614 g/mol. The number of nitrogens with one attached hydrogen (secondary N) is 1. The van der Waals surface area contributed by atoms with E-state index in [2.05, 4.69) is 15.1 Å². The normalized spacial score (nSPS) is 43.9. The zero-order valence-corrected chi connectivity index (χ0v) is 26.1. The molecule has 8 rings (SSSR count). The number of fused-ring (bicyclic) bond motifs is 5. The van der Waals surface area contributed by atoms with Gasteiger partial charge in [-0.3, -0.25) is 14.5 Å². The van der Waals surface area contributed by atoms with E-state index in [1.165, 1.54) is 19.3 Å². The van der Waals surface area contributed by atoms with Crippen LogP contribution in [0.4, 0.5) is 4.39 Å². The molecule has 0 bridgehead atoms. The molecule has 0 aromatic carbocycles. The molecule has 0 radical (unpaired) electrons. The summed E-state index contributed by atoms with van der Waals surface area (Å²) < 4.78 is 35.4. The molecule has 7 fully saturated rings. The van der Waals surface area contributed by atoms with Gasteiger partial charge in [0.2, 0.25) is 0 Å². The third-order valence-electron chi connectivity index (χ3n) is 12.5. The van der Waals surface area contributed by atoms with Crippen molar-refractivity contribution in [1.82, 2.24) is 20.0 Å². The number of rotatable bonds is 6. The first kappa shape index (κ1) is 29.8. The second kappa shape index (κ2) is 12.5. The summed E-state index contributed by atoms with van der Waals surface area (Å²) in [7, 11) is 0. The molecule has 3 aliphatic carbocycles. The first-order valence-electron chi connectivity index (χ1n) is 17.9. The Labute approximate surface area is 261 Å². The Bertz CT molecular complexity index is 1110. The maximum absolute atomic E-state index is 16.2. The van der Waals surface area contributed by atoms with Gasteiger partial charge in [-0.2, -0.15) is 0 Å². The number of morpholine rings is 2.